The second-order valence-corrected chi connectivity index (χ2v) is 5.21. The maximum atomic E-state index is 3.76. The Labute approximate surface area is 89.7 Å². The Bertz CT molecular complexity index is 149. The SMILES string of the molecule is CCCCC(CC)CNC1(C)CCC1. The first kappa shape index (κ1) is 12.0. The average molecular weight is 197 g/mol. The molecule has 1 rings (SSSR count). The van der Waals surface area contributed by atoms with Gasteiger partial charge in [0.2, 0.25) is 0 Å². The minimum absolute atomic E-state index is 0.500. The lowest BCUT2D eigenvalue weighted by molar-refractivity contribution is 0.194. The topological polar surface area (TPSA) is 12.0 Å². The van der Waals surface area contributed by atoms with E-state index < -0.39 is 0 Å². The third kappa shape index (κ3) is 3.61. The molecule has 1 N–H and O–H groups in total. The summed E-state index contributed by atoms with van der Waals surface area (Å²) in [6.07, 6.45) is 9.69. The normalized spacial score (nSPS) is 21.6. The van der Waals surface area contributed by atoms with Gasteiger partial charge in [-0.3, -0.25) is 0 Å². The van der Waals surface area contributed by atoms with E-state index in [-0.39, 0.29) is 0 Å². The van der Waals surface area contributed by atoms with Crippen LogP contribution in [0.3, 0.4) is 0 Å². The highest BCUT2D eigenvalue weighted by Gasteiger charge is 2.31. The molecule has 0 amide bonds. The summed E-state index contributed by atoms with van der Waals surface area (Å²) in [5, 5.41) is 3.76. The summed E-state index contributed by atoms with van der Waals surface area (Å²) in [5.74, 6) is 0.910. The second kappa shape index (κ2) is 5.75. The fourth-order valence-electron chi connectivity index (χ4n) is 2.22. The predicted molar refractivity (Wildman–Crippen MR) is 63.6 cm³/mol. The monoisotopic (exact) mass is 197 g/mol. The van der Waals surface area contributed by atoms with Crippen molar-refractivity contribution < 1.29 is 0 Å². The molecule has 1 nitrogen and oxygen atoms in total. The molecule has 1 fully saturated rings. The van der Waals surface area contributed by atoms with Crippen LogP contribution in [-0.2, 0) is 0 Å². The molecule has 1 unspecified atom stereocenters. The van der Waals surface area contributed by atoms with E-state index in [9.17, 15) is 0 Å². The van der Waals surface area contributed by atoms with Gasteiger partial charge in [0, 0.05) is 5.54 Å². The van der Waals surface area contributed by atoms with Gasteiger partial charge < -0.3 is 5.32 Å². The Morgan fingerprint density at radius 3 is 2.43 bits per heavy atom. The summed E-state index contributed by atoms with van der Waals surface area (Å²) in [4.78, 5) is 0. The maximum absolute atomic E-state index is 3.76. The molecule has 0 radical (unpaired) electrons. The molecular formula is C13H27N. The van der Waals surface area contributed by atoms with Crippen LogP contribution in [0.25, 0.3) is 0 Å². The summed E-state index contributed by atoms with van der Waals surface area (Å²) in [5.41, 5.74) is 0.500. The van der Waals surface area contributed by atoms with Gasteiger partial charge in [-0.15, -0.1) is 0 Å². The van der Waals surface area contributed by atoms with Crippen molar-refractivity contribution in [3.63, 3.8) is 0 Å². The van der Waals surface area contributed by atoms with Gasteiger partial charge in [-0.25, -0.2) is 0 Å². The van der Waals surface area contributed by atoms with Crippen molar-refractivity contribution in [1.82, 2.24) is 5.32 Å². The zero-order valence-electron chi connectivity index (χ0n) is 10.2. The minimum atomic E-state index is 0.500. The molecule has 0 heterocycles. The van der Waals surface area contributed by atoms with Gasteiger partial charge in [-0.2, -0.15) is 0 Å². The summed E-state index contributed by atoms with van der Waals surface area (Å²) in [6, 6.07) is 0. The molecular weight excluding hydrogens is 170 g/mol. The van der Waals surface area contributed by atoms with Gasteiger partial charge in [0.15, 0.2) is 0 Å². The molecule has 0 bridgehead atoms. The molecule has 0 spiro atoms. The lowest BCUT2D eigenvalue weighted by Crippen LogP contribution is -2.49. The van der Waals surface area contributed by atoms with Crippen molar-refractivity contribution in [2.45, 2.75) is 71.3 Å². The first-order valence-electron chi connectivity index (χ1n) is 6.45. The lowest BCUT2D eigenvalue weighted by Gasteiger charge is -2.40. The number of unbranched alkanes of at least 4 members (excludes halogenated alkanes) is 1. The van der Waals surface area contributed by atoms with Crippen LogP contribution in [0.4, 0.5) is 0 Å². The number of hydrogen-bond donors (Lipinski definition) is 1. The summed E-state index contributed by atoms with van der Waals surface area (Å²) >= 11 is 0. The van der Waals surface area contributed by atoms with E-state index in [0.29, 0.717) is 5.54 Å². The van der Waals surface area contributed by atoms with Crippen molar-refractivity contribution in [2.24, 2.45) is 5.92 Å². The summed E-state index contributed by atoms with van der Waals surface area (Å²) < 4.78 is 0. The molecule has 84 valence electrons. The molecule has 1 aliphatic carbocycles. The van der Waals surface area contributed by atoms with E-state index in [0.717, 1.165) is 5.92 Å². The van der Waals surface area contributed by atoms with Gasteiger partial charge in [0.1, 0.15) is 0 Å². The fourth-order valence-corrected chi connectivity index (χ4v) is 2.22. The number of nitrogens with one attached hydrogen (secondary N) is 1. The van der Waals surface area contributed by atoms with Crippen LogP contribution >= 0.6 is 0 Å². The van der Waals surface area contributed by atoms with E-state index in [1.807, 2.05) is 0 Å². The van der Waals surface area contributed by atoms with Crippen LogP contribution in [0.1, 0.15) is 65.7 Å². The van der Waals surface area contributed by atoms with Gasteiger partial charge in [-0.1, -0.05) is 33.1 Å². The Kier molecular flexibility index (Phi) is 4.94. The van der Waals surface area contributed by atoms with Gasteiger partial charge in [-0.05, 0) is 45.1 Å². The smallest absolute Gasteiger partial charge is 0.0153 e. The van der Waals surface area contributed by atoms with Crippen molar-refractivity contribution in [3.8, 4) is 0 Å². The molecule has 0 aromatic heterocycles. The second-order valence-electron chi connectivity index (χ2n) is 5.21. The number of hydrogen-bond acceptors (Lipinski definition) is 1. The van der Waals surface area contributed by atoms with Crippen molar-refractivity contribution in [3.05, 3.63) is 0 Å². The highest BCUT2D eigenvalue weighted by atomic mass is 15.0. The molecule has 1 aliphatic rings. The minimum Gasteiger partial charge on any atom is -0.311 e. The quantitative estimate of drug-likeness (QED) is 0.655. The molecule has 0 saturated heterocycles. The Morgan fingerprint density at radius 1 is 1.29 bits per heavy atom. The zero-order valence-corrected chi connectivity index (χ0v) is 10.2. The Balaban J connectivity index is 2.13. The molecule has 0 aromatic carbocycles. The molecule has 1 atom stereocenters. The van der Waals surface area contributed by atoms with E-state index >= 15 is 0 Å². The van der Waals surface area contributed by atoms with Crippen LogP contribution in [0, 0.1) is 5.92 Å². The van der Waals surface area contributed by atoms with Gasteiger partial charge >= 0.3 is 0 Å². The van der Waals surface area contributed by atoms with Crippen LogP contribution in [-0.4, -0.2) is 12.1 Å². The van der Waals surface area contributed by atoms with E-state index in [1.165, 1.54) is 51.5 Å². The van der Waals surface area contributed by atoms with Crippen molar-refractivity contribution in [2.75, 3.05) is 6.54 Å². The van der Waals surface area contributed by atoms with Crippen LogP contribution in [0.15, 0.2) is 0 Å². The first-order chi connectivity index (χ1) is 6.70. The van der Waals surface area contributed by atoms with Crippen LogP contribution in [0.5, 0.6) is 0 Å². The number of rotatable bonds is 7. The van der Waals surface area contributed by atoms with E-state index in [2.05, 4.69) is 26.1 Å². The first-order valence-corrected chi connectivity index (χ1v) is 6.45. The zero-order chi connectivity index (χ0) is 10.4. The van der Waals surface area contributed by atoms with Gasteiger partial charge in [0.25, 0.3) is 0 Å². The van der Waals surface area contributed by atoms with E-state index in [4.69, 9.17) is 0 Å². The maximum Gasteiger partial charge on any atom is 0.0153 e. The van der Waals surface area contributed by atoms with Crippen LogP contribution in [0.2, 0.25) is 0 Å². The Hall–Kier alpha value is -0.0400. The lowest BCUT2D eigenvalue weighted by atomic mass is 9.78. The molecule has 1 saturated carbocycles. The molecule has 0 aromatic rings. The largest absolute Gasteiger partial charge is 0.311 e. The van der Waals surface area contributed by atoms with Crippen molar-refractivity contribution >= 4 is 0 Å². The molecule has 14 heavy (non-hydrogen) atoms. The molecule has 0 aliphatic heterocycles. The third-order valence-corrected chi connectivity index (χ3v) is 3.82. The van der Waals surface area contributed by atoms with E-state index in [1.54, 1.807) is 0 Å². The third-order valence-electron chi connectivity index (χ3n) is 3.82. The van der Waals surface area contributed by atoms with Gasteiger partial charge in [0.05, 0.1) is 0 Å². The Morgan fingerprint density at radius 2 is 2.00 bits per heavy atom. The standard InChI is InChI=1S/C13H27N/c1-4-6-8-12(5-2)11-14-13(3)9-7-10-13/h12,14H,4-11H2,1-3H3. The van der Waals surface area contributed by atoms with Crippen molar-refractivity contribution in [1.29, 1.82) is 0 Å². The summed E-state index contributed by atoms with van der Waals surface area (Å²) in [7, 11) is 0. The predicted octanol–water partition coefficient (Wildman–Crippen LogP) is 3.74. The van der Waals surface area contributed by atoms with Crippen LogP contribution < -0.4 is 5.32 Å². The highest BCUT2D eigenvalue weighted by Crippen LogP contribution is 2.31. The fraction of sp³-hybridized carbons (Fsp3) is 1.00. The average Bonchev–Trinajstić information content (AvgIpc) is 2.15. The summed E-state index contributed by atoms with van der Waals surface area (Å²) in [6.45, 7) is 8.23. The highest BCUT2D eigenvalue weighted by molar-refractivity contribution is 4.91. The molecule has 1 heteroatoms.